The highest BCUT2D eigenvalue weighted by atomic mass is 28.3. The van der Waals surface area contributed by atoms with Crippen LogP contribution < -0.4 is 5.32 Å². The van der Waals surface area contributed by atoms with Gasteiger partial charge in [-0.3, -0.25) is 9.59 Å². The van der Waals surface area contributed by atoms with Gasteiger partial charge in [-0.25, -0.2) is 0 Å². The highest BCUT2D eigenvalue weighted by Crippen LogP contribution is 2.10. The van der Waals surface area contributed by atoms with Crippen molar-refractivity contribution in [3.63, 3.8) is 0 Å². The van der Waals surface area contributed by atoms with E-state index in [2.05, 4.69) is 5.32 Å². The largest absolute Gasteiger partial charge is 0.480 e. The quantitative estimate of drug-likeness (QED) is 0.819. The van der Waals surface area contributed by atoms with E-state index in [1.165, 1.54) is 0 Å². The summed E-state index contributed by atoms with van der Waals surface area (Å²) in [7, 11) is -1.99. The number of carbonyl (C=O) groups excluding carboxylic acids is 1. The van der Waals surface area contributed by atoms with Gasteiger partial charge in [0.25, 0.3) is 5.91 Å². The predicted octanol–water partition coefficient (Wildman–Crippen LogP) is 2.06. The fraction of sp³-hybridized carbons (Fsp3) is 0.385. The number of carbonyl (C=O) groups is 2. The number of benzene rings is 1. The molecule has 0 saturated carbocycles. The molecule has 1 aromatic carbocycles. The summed E-state index contributed by atoms with van der Waals surface area (Å²) in [5, 5.41) is 11.8. The lowest BCUT2D eigenvalue weighted by Gasteiger charge is -2.25. The maximum Gasteiger partial charge on any atom is 0.322 e. The molecular weight excluding hydrogens is 246 g/mol. The summed E-state index contributed by atoms with van der Waals surface area (Å²) in [4.78, 5) is 23.2. The van der Waals surface area contributed by atoms with Crippen LogP contribution in [-0.4, -0.2) is 30.7 Å². The zero-order valence-electron chi connectivity index (χ0n) is 11.2. The first-order valence-electron chi connectivity index (χ1n) is 5.82. The van der Waals surface area contributed by atoms with E-state index >= 15 is 0 Å². The molecule has 0 heterocycles. The zero-order chi connectivity index (χ0) is 13.9. The van der Waals surface area contributed by atoms with Gasteiger partial charge in [-0.15, -0.1) is 0 Å². The van der Waals surface area contributed by atoms with Crippen LogP contribution in [0.5, 0.6) is 0 Å². The van der Waals surface area contributed by atoms with Crippen molar-refractivity contribution in [1.82, 2.24) is 5.32 Å². The van der Waals surface area contributed by atoms with Crippen molar-refractivity contribution in [1.29, 1.82) is 0 Å². The van der Waals surface area contributed by atoms with Gasteiger partial charge in [-0.2, -0.15) is 0 Å². The second-order valence-corrected chi connectivity index (χ2v) is 10.8. The Morgan fingerprint density at radius 3 is 2.06 bits per heavy atom. The molecular formula is C13H19NO3Si. The second kappa shape index (κ2) is 5.35. The number of hydrogen-bond acceptors (Lipinski definition) is 2. The maximum absolute atomic E-state index is 12.0. The first kappa shape index (κ1) is 14.4. The summed E-state index contributed by atoms with van der Waals surface area (Å²) in [6.45, 7) is 7.69. The molecule has 5 heteroatoms. The lowest BCUT2D eigenvalue weighted by Crippen LogP contribution is -2.55. The molecule has 1 rings (SSSR count). The molecule has 0 aromatic heterocycles. The zero-order valence-corrected chi connectivity index (χ0v) is 12.2. The minimum Gasteiger partial charge on any atom is -0.480 e. The Bertz CT molecular complexity index is 448. The number of carboxylic acid groups (broad SMARTS) is 1. The summed E-state index contributed by atoms with van der Waals surface area (Å²) in [5.41, 5.74) is 0.780. The lowest BCUT2D eigenvalue weighted by molar-refractivity contribution is -0.137. The first-order chi connectivity index (χ1) is 8.21. The highest BCUT2D eigenvalue weighted by molar-refractivity contribution is 6.80. The van der Waals surface area contributed by atoms with Gasteiger partial charge in [0.05, 0.1) is 8.07 Å². The van der Waals surface area contributed by atoms with Gasteiger partial charge in [-0.05, 0) is 19.1 Å². The molecule has 18 heavy (non-hydrogen) atoms. The SMILES string of the molecule is Cc1ccc(C(=O)NC(C(=O)O)[Si](C)(C)C)cc1. The van der Waals surface area contributed by atoms with Gasteiger partial charge in [0.2, 0.25) is 0 Å². The van der Waals surface area contributed by atoms with Crippen LogP contribution in [0.2, 0.25) is 19.6 Å². The van der Waals surface area contributed by atoms with Crippen molar-refractivity contribution in [2.45, 2.75) is 32.2 Å². The van der Waals surface area contributed by atoms with Crippen LogP contribution in [0.25, 0.3) is 0 Å². The molecule has 0 fully saturated rings. The average molecular weight is 265 g/mol. The fourth-order valence-corrected chi connectivity index (χ4v) is 2.87. The van der Waals surface area contributed by atoms with Gasteiger partial charge < -0.3 is 10.4 Å². The Hall–Kier alpha value is -1.62. The van der Waals surface area contributed by atoms with Crippen LogP contribution in [0.4, 0.5) is 0 Å². The molecule has 1 aromatic rings. The molecule has 1 amide bonds. The van der Waals surface area contributed by atoms with Crippen molar-refractivity contribution in [3.05, 3.63) is 35.4 Å². The molecule has 2 N–H and O–H groups in total. The van der Waals surface area contributed by atoms with E-state index in [1.54, 1.807) is 12.1 Å². The predicted molar refractivity (Wildman–Crippen MR) is 73.4 cm³/mol. The van der Waals surface area contributed by atoms with Crippen LogP contribution in [0.15, 0.2) is 24.3 Å². The molecule has 0 aliphatic carbocycles. The van der Waals surface area contributed by atoms with E-state index in [4.69, 9.17) is 5.11 Å². The van der Waals surface area contributed by atoms with Gasteiger partial charge in [-0.1, -0.05) is 37.3 Å². The van der Waals surface area contributed by atoms with Crippen molar-refractivity contribution in [3.8, 4) is 0 Å². The molecule has 0 radical (unpaired) electrons. The Morgan fingerprint density at radius 2 is 1.67 bits per heavy atom. The Labute approximate surface area is 108 Å². The Kier molecular flexibility index (Phi) is 4.29. The highest BCUT2D eigenvalue weighted by Gasteiger charge is 2.34. The third kappa shape index (κ3) is 3.70. The van der Waals surface area contributed by atoms with E-state index < -0.39 is 19.7 Å². The van der Waals surface area contributed by atoms with Crippen molar-refractivity contribution in [2.75, 3.05) is 0 Å². The Morgan fingerprint density at radius 1 is 1.17 bits per heavy atom. The van der Waals surface area contributed by atoms with Gasteiger partial charge in [0.1, 0.15) is 5.67 Å². The van der Waals surface area contributed by atoms with Crippen LogP contribution in [0, 0.1) is 6.92 Å². The second-order valence-electron chi connectivity index (χ2n) is 5.48. The summed E-state index contributed by atoms with van der Waals surface area (Å²) in [6, 6.07) is 7.07. The van der Waals surface area contributed by atoms with Crippen molar-refractivity contribution < 1.29 is 14.7 Å². The minimum atomic E-state index is -1.99. The van der Waals surface area contributed by atoms with E-state index in [0.717, 1.165) is 5.56 Å². The smallest absolute Gasteiger partial charge is 0.322 e. The first-order valence-corrected chi connectivity index (χ1v) is 9.40. The monoisotopic (exact) mass is 265 g/mol. The van der Waals surface area contributed by atoms with E-state index in [9.17, 15) is 9.59 Å². The van der Waals surface area contributed by atoms with E-state index in [0.29, 0.717) is 5.56 Å². The summed E-state index contributed by atoms with van der Waals surface area (Å²) >= 11 is 0. The summed E-state index contributed by atoms with van der Waals surface area (Å²) in [5.74, 6) is -1.29. The number of nitrogens with one attached hydrogen (secondary N) is 1. The number of rotatable bonds is 4. The third-order valence-electron chi connectivity index (χ3n) is 2.70. The Balaban J connectivity index is 2.86. The van der Waals surface area contributed by atoms with Gasteiger partial charge in [0, 0.05) is 5.56 Å². The molecule has 0 saturated heterocycles. The van der Waals surface area contributed by atoms with Crippen LogP contribution >= 0.6 is 0 Å². The molecule has 0 bridgehead atoms. The van der Waals surface area contributed by atoms with E-state index in [-0.39, 0.29) is 5.91 Å². The fourth-order valence-electron chi connectivity index (χ4n) is 1.57. The number of amides is 1. The van der Waals surface area contributed by atoms with E-state index in [1.807, 2.05) is 38.7 Å². The molecule has 98 valence electrons. The number of aliphatic carboxylic acids is 1. The lowest BCUT2D eigenvalue weighted by atomic mass is 10.1. The molecule has 0 aliphatic heterocycles. The number of hydrogen-bond donors (Lipinski definition) is 2. The standard InChI is InChI=1S/C13H19NO3Si/c1-9-5-7-10(8-6-9)11(15)14-12(13(16)17)18(2,3)4/h5-8,12H,1-4H3,(H,14,15)(H,16,17). The van der Waals surface area contributed by atoms with Crippen molar-refractivity contribution in [2.24, 2.45) is 0 Å². The van der Waals surface area contributed by atoms with Crippen molar-refractivity contribution >= 4 is 20.0 Å². The van der Waals surface area contributed by atoms with Gasteiger partial charge in [0.15, 0.2) is 0 Å². The van der Waals surface area contributed by atoms with Crippen LogP contribution in [-0.2, 0) is 4.79 Å². The molecule has 1 atom stereocenters. The molecule has 0 spiro atoms. The van der Waals surface area contributed by atoms with Crippen LogP contribution in [0.1, 0.15) is 15.9 Å². The molecule has 1 unspecified atom stereocenters. The topological polar surface area (TPSA) is 66.4 Å². The summed E-state index contributed by atoms with van der Waals surface area (Å²) in [6.07, 6.45) is 0. The average Bonchev–Trinajstić information content (AvgIpc) is 2.24. The third-order valence-corrected chi connectivity index (χ3v) is 4.83. The number of carboxylic acids is 1. The number of aryl methyl sites for hydroxylation is 1. The van der Waals surface area contributed by atoms with Gasteiger partial charge >= 0.3 is 5.97 Å². The molecule has 0 aliphatic rings. The van der Waals surface area contributed by atoms with Crippen LogP contribution in [0.3, 0.4) is 0 Å². The summed E-state index contributed by atoms with van der Waals surface area (Å²) < 4.78 is 0. The minimum absolute atomic E-state index is 0.329. The maximum atomic E-state index is 12.0. The molecule has 4 nitrogen and oxygen atoms in total. The normalized spacial score (nSPS) is 12.9.